The normalized spacial score (nSPS) is 11.3. The number of imidazole rings is 1. The van der Waals surface area contributed by atoms with Crippen molar-refractivity contribution < 1.29 is 4.79 Å². The van der Waals surface area contributed by atoms with Crippen LogP contribution in [0.25, 0.3) is 22.1 Å². The Morgan fingerprint density at radius 1 is 1.13 bits per heavy atom. The minimum absolute atomic E-state index is 0.0854. The SMILES string of the molecule is CN(Cc1nc2ccccc2c(=O)[nH]1)C(=O)Cn1cnc2c1c(=O)n(C)c(=O)n2C. The Bertz CT molecular complexity index is 1470. The van der Waals surface area contributed by atoms with Crippen molar-refractivity contribution in [3.05, 3.63) is 67.6 Å². The van der Waals surface area contributed by atoms with Crippen molar-refractivity contribution in [3.63, 3.8) is 0 Å². The third-order valence-electron chi connectivity index (χ3n) is 5.00. The Labute approximate surface area is 168 Å². The van der Waals surface area contributed by atoms with Gasteiger partial charge in [-0.25, -0.2) is 14.8 Å². The number of aromatic nitrogens is 6. The van der Waals surface area contributed by atoms with E-state index in [1.54, 1.807) is 31.3 Å². The molecule has 0 saturated carbocycles. The summed E-state index contributed by atoms with van der Waals surface area (Å²) in [5.74, 6) is 0.0318. The fraction of sp³-hybridized carbons (Fsp3) is 0.263. The molecular formula is C19H19N7O4. The van der Waals surface area contributed by atoms with E-state index in [9.17, 15) is 19.2 Å². The lowest BCUT2D eigenvalue weighted by Gasteiger charge is -2.17. The number of aromatic amines is 1. The maximum atomic E-state index is 12.7. The van der Waals surface area contributed by atoms with E-state index in [-0.39, 0.29) is 35.7 Å². The number of amides is 1. The zero-order valence-corrected chi connectivity index (χ0v) is 16.6. The van der Waals surface area contributed by atoms with E-state index in [1.165, 1.54) is 34.5 Å². The van der Waals surface area contributed by atoms with Crippen LogP contribution in [-0.4, -0.2) is 46.5 Å². The Balaban J connectivity index is 1.61. The first kappa shape index (κ1) is 19.3. The van der Waals surface area contributed by atoms with Crippen LogP contribution >= 0.6 is 0 Å². The predicted octanol–water partition coefficient (Wildman–Crippen LogP) is -0.671. The summed E-state index contributed by atoms with van der Waals surface area (Å²) in [6.07, 6.45) is 1.35. The zero-order valence-electron chi connectivity index (χ0n) is 16.6. The molecule has 0 aliphatic rings. The van der Waals surface area contributed by atoms with Gasteiger partial charge in [0.2, 0.25) is 5.91 Å². The molecule has 11 nitrogen and oxygen atoms in total. The van der Waals surface area contributed by atoms with Gasteiger partial charge in [0, 0.05) is 21.1 Å². The summed E-state index contributed by atoms with van der Waals surface area (Å²) in [4.78, 5) is 62.1. The van der Waals surface area contributed by atoms with Crippen LogP contribution in [0.15, 0.2) is 45.0 Å². The number of carbonyl (C=O) groups excluding carboxylic acids is 1. The monoisotopic (exact) mass is 409 g/mol. The Kier molecular flexibility index (Phi) is 4.57. The van der Waals surface area contributed by atoms with Gasteiger partial charge >= 0.3 is 5.69 Å². The van der Waals surface area contributed by atoms with Crippen molar-refractivity contribution >= 4 is 28.0 Å². The van der Waals surface area contributed by atoms with Gasteiger partial charge in [0.1, 0.15) is 12.4 Å². The van der Waals surface area contributed by atoms with Crippen LogP contribution in [0.3, 0.4) is 0 Å². The number of H-pyrrole nitrogens is 1. The highest BCUT2D eigenvalue weighted by Gasteiger charge is 2.18. The van der Waals surface area contributed by atoms with E-state index in [1.807, 2.05) is 0 Å². The quantitative estimate of drug-likeness (QED) is 0.476. The molecule has 0 aliphatic heterocycles. The lowest BCUT2D eigenvalue weighted by atomic mass is 10.2. The van der Waals surface area contributed by atoms with E-state index in [2.05, 4.69) is 15.0 Å². The van der Waals surface area contributed by atoms with Crippen molar-refractivity contribution in [2.24, 2.45) is 14.1 Å². The molecule has 1 N–H and O–H groups in total. The van der Waals surface area contributed by atoms with Gasteiger partial charge in [-0.2, -0.15) is 0 Å². The summed E-state index contributed by atoms with van der Waals surface area (Å²) in [6, 6.07) is 6.95. The van der Waals surface area contributed by atoms with E-state index in [0.29, 0.717) is 16.7 Å². The smallest absolute Gasteiger partial charge is 0.332 e. The molecule has 0 unspecified atom stereocenters. The fourth-order valence-corrected chi connectivity index (χ4v) is 3.31. The Morgan fingerprint density at radius 2 is 1.87 bits per heavy atom. The Hall–Kier alpha value is -4.02. The summed E-state index contributed by atoms with van der Waals surface area (Å²) in [7, 11) is 4.46. The van der Waals surface area contributed by atoms with Gasteiger partial charge in [0.05, 0.1) is 23.8 Å². The minimum atomic E-state index is -0.526. The van der Waals surface area contributed by atoms with Crippen molar-refractivity contribution in [1.82, 2.24) is 33.6 Å². The average Bonchev–Trinajstić information content (AvgIpc) is 3.14. The third kappa shape index (κ3) is 3.09. The first-order valence-electron chi connectivity index (χ1n) is 9.10. The van der Waals surface area contributed by atoms with E-state index in [0.717, 1.165) is 4.57 Å². The van der Waals surface area contributed by atoms with Gasteiger partial charge in [-0.15, -0.1) is 0 Å². The minimum Gasteiger partial charge on any atom is -0.337 e. The van der Waals surface area contributed by atoms with E-state index < -0.39 is 11.2 Å². The molecule has 0 bridgehead atoms. The molecule has 0 spiro atoms. The molecule has 154 valence electrons. The second kappa shape index (κ2) is 7.10. The summed E-state index contributed by atoms with van der Waals surface area (Å²) >= 11 is 0. The molecule has 3 heterocycles. The van der Waals surface area contributed by atoms with Crippen molar-refractivity contribution in [3.8, 4) is 0 Å². The molecule has 0 saturated heterocycles. The highest BCUT2D eigenvalue weighted by molar-refractivity contribution is 5.79. The third-order valence-corrected chi connectivity index (χ3v) is 5.00. The predicted molar refractivity (Wildman–Crippen MR) is 109 cm³/mol. The second-order valence-corrected chi connectivity index (χ2v) is 7.03. The maximum absolute atomic E-state index is 12.7. The number of nitrogens with zero attached hydrogens (tertiary/aromatic N) is 6. The number of carbonyl (C=O) groups is 1. The van der Waals surface area contributed by atoms with Gasteiger partial charge in [-0.1, -0.05) is 12.1 Å². The molecule has 1 amide bonds. The lowest BCUT2D eigenvalue weighted by Crippen LogP contribution is -2.38. The van der Waals surface area contributed by atoms with Gasteiger partial charge in [-0.05, 0) is 12.1 Å². The molecule has 0 aliphatic carbocycles. The van der Waals surface area contributed by atoms with Crippen LogP contribution in [0, 0.1) is 0 Å². The van der Waals surface area contributed by atoms with Gasteiger partial charge in [-0.3, -0.25) is 23.5 Å². The maximum Gasteiger partial charge on any atom is 0.332 e. The summed E-state index contributed by atoms with van der Waals surface area (Å²) < 4.78 is 3.64. The summed E-state index contributed by atoms with van der Waals surface area (Å²) in [5.41, 5.74) is -0.379. The molecule has 3 aromatic heterocycles. The molecule has 11 heteroatoms. The van der Waals surface area contributed by atoms with Gasteiger partial charge < -0.3 is 14.5 Å². The molecule has 4 rings (SSSR count). The Morgan fingerprint density at radius 3 is 2.63 bits per heavy atom. The number of benzene rings is 1. The highest BCUT2D eigenvalue weighted by Crippen LogP contribution is 2.09. The van der Waals surface area contributed by atoms with Crippen molar-refractivity contribution in [1.29, 1.82) is 0 Å². The van der Waals surface area contributed by atoms with Crippen LogP contribution in [0.5, 0.6) is 0 Å². The molecule has 0 fully saturated rings. The van der Waals surface area contributed by atoms with E-state index >= 15 is 0 Å². The summed E-state index contributed by atoms with van der Waals surface area (Å²) in [6.45, 7) is -0.0692. The van der Waals surface area contributed by atoms with Crippen LogP contribution in [-0.2, 0) is 32.0 Å². The molecule has 1 aromatic carbocycles. The number of fused-ring (bicyclic) bond motifs is 2. The largest absolute Gasteiger partial charge is 0.337 e. The first-order valence-corrected chi connectivity index (χ1v) is 9.10. The van der Waals surface area contributed by atoms with Crippen molar-refractivity contribution in [2.75, 3.05) is 7.05 Å². The van der Waals surface area contributed by atoms with Crippen LogP contribution < -0.4 is 16.8 Å². The zero-order chi connectivity index (χ0) is 21.6. The number of likely N-dealkylation sites (N-methyl/N-ethyl adjacent to an activating group) is 1. The number of nitrogens with one attached hydrogen (secondary N) is 1. The van der Waals surface area contributed by atoms with Crippen molar-refractivity contribution in [2.45, 2.75) is 13.1 Å². The number of rotatable bonds is 4. The second-order valence-electron chi connectivity index (χ2n) is 7.03. The highest BCUT2D eigenvalue weighted by atomic mass is 16.2. The van der Waals surface area contributed by atoms with Gasteiger partial charge in [0.25, 0.3) is 11.1 Å². The molecule has 30 heavy (non-hydrogen) atoms. The molecular weight excluding hydrogens is 390 g/mol. The van der Waals surface area contributed by atoms with Crippen LogP contribution in [0.2, 0.25) is 0 Å². The first-order chi connectivity index (χ1) is 14.3. The lowest BCUT2D eigenvalue weighted by molar-refractivity contribution is -0.131. The standard InChI is InChI=1S/C19H19N7O4/c1-23(8-13-21-12-7-5-4-6-11(12)17(28)22-13)14(27)9-26-10-20-16-15(26)18(29)25(3)19(30)24(16)2/h4-7,10H,8-9H2,1-3H3,(H,21,22,28). The topological polar surface area (TPSA) is 128 Å². The fourth-order valence-electron chi connectivity index (χ4n) is 3.31. The van der Waals surface area contributed by atoms with Crippen LogP contribution in [0.1, 0.15) is 5.82 Å². The molecule has 0 atom stereocenters. The number of para-hydroxylation sites is 1. The molecule has 0 radical (unpaired) electrons. The number of hydrogen-bond acceptors (Lipinski definition) is 6. The molecule has 4 aromatic rings. The number of aryl methyl sites for hydroxylation is 1. The van der Waals surface area contributed by atoms with Crippen LogP contribution in [0.4, 0.5) is 0 Å². The summed E-state index contributed by atoms with van der Waals surface area (Å²) in [5, 5.41) is 0.474. The number of hydrogen-bond donors (Lipinski definition) is 1. The van der Waals surface area contributed by atoms with Gasteiger partial charge in [0.15, 0.2) is 11.2 Å². The van der Waals surface area contributed by atoms with E-state index in [4.69, 9.17) is 0 Å². The average molecular weight is 409 g/mol.